The van der Waals surface area contributed by atoms with Gasteiger partial charge in [0.15, 0.2) is 0 Å². The van der Waals surface area contributed by atoms with Crippen molar-refractivity contribution in [3.63, 3.8) is 0 Å². The zero-order valence-corrected chi connectivity index (χ0v) is 9.88. The van der Waals surface area contributed by atoms with Gasteiger partial charge in [-0.2, -0.15) is 0 Å². The molecule has 0 aromatic rings. The van der Waals surface area contributed by atoms with Crippen LogP contribution in [0.1, 0.15) is 51.4 Å². The van der Waals surface area contributed by atoms with Gasteiger partial charge in [-0.25, -0.2) is 0 Å². The van der Waals surface area contributed by atoms with E-state index >= 15 is 0 Å². The standard InChI is InChI=1S/C13H26N2/c14-13-6-2-1-5-12(13)10-15-9-3-4-11-7-8-11/h11-13,15H,1-10,14H2. The van der Waals surface area contributed by atoms with Crippen LogP contribution in [-0.2, 0) is 0 Å². The Labute approximate surface area is 94.0 Å². The highest BCUT2D eigenvalue weighted by Gasteiger charge is 2.22. The topological polar surface area (TPSA) is 38.0 Å². The maximum Gasteiger partial charge on any atom is 0.00792 e. The molecule has 2 unspecified atom stereocenters. The van der Waals surface area contributed by atoms with Crippen LogP contribution in [0.2, 0.25) is 0 Å². The summed E-state index contributed by atoms with van der Waals surface area (Å²) in [6, 6.07) is 0.467. The predicted molar refractivity (Wildman–Crippen MR) is 64.8 cm³/mol. The molecule has 0 spiro atoms. The van der Waals surface area contributed by atoms with Crippen molar-refractivity contribution in [3.05, 3.63) is 0 Å². The van der Waals surface area contributed by atoms with Crippen LogP contribution in [0.3, 0.4) is 0 Å². The van der Waals surface area contributed by atoms with Crippen LogP contribution in [0.15, 0.2) is 0 Å². The fraction of sp³-hybridized carbons (Fsp3) is 1.00. The normalized spacial score (nSPS) is 31.8. The summed E-state index contributed by atoms with van der Waals surface area (Å²) < 4.78 is 0. The molecule has 15 heavy (non-hydrogen) atoms. The van der Waals surface area contributed by atoms with Crippen molar-refractivity contribution in [2.45, 2.75) is 57.4 Å². The SMILES string of the molecule is NC1CCCCC1CNCCCC1CC1. The Morgan fingerprint density at radius 1 is 1.07 bits per heavy atom. The third-order valence-electron chi connectivity index (χ3n) is 4.04. The van der Waals surface area contributed by atoms with Crippen LogP contribution < -0.4 is 11.1 Å². The van der Waals surface area contributed by atoms with Crippen LogP contribution in [-0.4, -0.2) is 19.1 Å². The molecule has 0 aromatic heterocycles. The number of hydrogen-bond donors (Lipinski definition) is 2. The second-order valence-electron chi connectivity index (χ2n) is 5.50. The number of hydrogen-bond acceptors (Lipinski definition) is 2. The summed E-state index contributed by atoms with van der Waals surface area (Å²) in [5.74, 6) is 1.84. The third-order valence-corrected chi connectivity index (χ3v) is 4.04. The Hall–Kier alpha value is -0.0800. The van der Waals surface area contributed by atoms with Gasteiger partial charge in [-0.3, -0.25) is 0 Å². The van der Waals surface area contributed by atoms with Crippen molar-refractivity contribution >= 4 is 0 Å². The van der Waals surface area contributed by atoms with E-state index in [1.807, 2.05) is 0 Å². The van der Waals surface area contributed by atoms with E-state index in [2.05, 4.69) is 5.32 Å². The molecular weight excluding hydrogens is 184 g/mol. The molecule has 0 heterocycles. The van der Waals surface area contributed by atoms with Crippen molar-refractivity contribution in [1.82, 2.24) is 5.32 Å². The summed E-state index contributed by atoms with van der Waals surface area (Å²) in [6.45, 7) is 2.37. The van der Waals surface area contributed by atoms with E-state index in [0.717, 1.165) is 18.4 Å². The summed E-state index contributed by atoms with van der Waals surface area (Å²) in [7, 11) is 0. The molecule has 0 amide bonds. The smallest absolute Gasteiger partial charge is 0.00792 e. The lowest BCUT2D eigenvalue weighted by atomic mass is 9.85. The Kier molecular flexibility index (Phi) is 4.45. The van der Waals surface area contributed by atoms with Crippen LogP contribution in [0.25, 0.3) is 0 Å². The van der Waals surface area contributed by atoms with E-state index in [-0.39, 0.29) is 0 Å². The van der Waals surface area contributed by atoms with Gasteiger partial charge in [-0.15, -0.1) is 0 Å². The van der Waals surface area contributed by atoms with Gasteiger partial charge in [0.25, 0.3) is 0 Å². The summed E-state index contributed by atoms with van der Waals surface area (Å²) in [4.78, 5) is 0. The first-order valence-electron chi connectivity index (χ1n) is 6.82. The summed E-state index contributed by atoms with van der Waals surface area (Å²) >= 11 is 0. The summed E-state index contributed by atoms with van der Waals surface area (Å²) in [6.07, 6.45) is 11.1. The van der Waals surface area contributed by atoms with Crippen LogP contribution >= 0.6 is 0 Å². The van der Waals surface area contributed by atoms with Crippen molar-refractivity contribution < 1.29 is 0 Å². The first-order chi connectivity index (χ1) is 7.36. The van der Waals surface area contributed by atoms with Crippen LogP contribution in [0.4, 0.5) is 0 Å². The van der Waals surface area contributed by atoms with Gasteiger partial charge in [-0.05, 0) is 50.6 Å². The summed E-state index contributed by atoms with van der Waals surface area (Å²) in [5, 5.41) is 3.59. The van der Waals surface area contributed by atoms with Gasteiger partial charge in [0.2, 0.25) is 0 Å². The average molecular weight is 210 g/mol. The Morgan fingerprint density at radius 2 is 1.87 bits per heavy atom. The van der Waals surface area contributed by atoms with E-state index in [0.29, 0.717) is 6.04 Å². The molecule has 2 saturated carbocycles. The van der Waals surface area contributed by atoms with E-state index in [1.54, 1.807) is 0 Å². The van der Waals surface area contributed by atoms with E-state index in [4.69, 9.17) is 5.73 Å². The molecule has 2 aliphatic carbocycles. The first kappa shape index (κ1) is 11.4. The quantitative estimate of drug-likeness (QED) is 0.660. The first-order valence-corrected chi connectivity index (χ1v) is 6.82. The molecule has 2 heteroatoms. The molecule has 3 N–H and O–H groups in total. The number of rotatable bonds is 6. The average Bonchev–Trinajstić information content (AvgIpc) is 3.04. The minimum absolute atomic E-state index is 0.467. The van der Waals surface area contributed by atoms with Gasteiger partial charge in [0, 0.05) is 6.04 Å². The fourth-order valence-corrected chi connectivity index (χ4v) is 2.70. The maximum absolute atomic E-state index is 6.11. The second kappa shape index (κ2) is 5.86. The van der Waals surface area contributed by atoms with Gasteiger partial charge in [-0.1, -0.05) is 25.7 Å². The molecule has 0 aromatic carbocycles. The van der Waals surface area contributed by atoms with E-state index in [9.17, 15) is 0 Å². The highest BCUT2D eigenvalue weighted by Crippen LogP contribution is 2.33. The van der Waals surface area contributed by atoms with Gasteiger partial charge >= 0.3 is 0 Å². The van der Waals surface area contributed by atoms with Crippen molar-refractivity contribution in [3.8, 4) is 0 Å². The van der Waals surface area contributed by atoms with E-state index in [1.165, 1.54) is 57.9 Å². The molecule has 2 aliphatic rings. The predicted octanol–water partition coefficient (Wildman–Crippen LogP) is 2.28. The van der Waals surface area contributed by atoms with Crippen LogP contribution in [0, 0.1) is 11.8 Å². The van der Waals surface area contributed by atoms with Gasteiger partial charge in [0.05, 0.1) is 0 Å². The highest BCUT2D eigenvalue weighted by atomic mass is 14.9. The zero-order chi connectivity index (χ0) is 10.5. The Morgan fingerprint density at radius 3 is 2.60 bits per heavy atom. The highest BCUT2D eigenvalue weighted by molar-refractivity contribution is 4.79. The molecule has 2 nitrogen and oxygen atoms in total. The molecule has 0 radical (unpaired) electrons. The molecule has 2 atom stereocenters. The van der Waals surface area contributed by atoms with Crippen molar-refractivity contribution in [2.24, 2.45) is 17.6 Å². The minimum Gasteiger partial charge on any atom is -0.327 e. The molecular formula is C13H26N2. The molecule has 88 valence electrons. The molecule has 2 fully saturated rings. The van der Waals surface area contributed by atoms with Crippen LogP contribution in [0.5, 0.6) is 0 Å². The maximum atomic E-state index is 6.11. The lowest BCUT2D eigenvalue weighted by molar-refractivity contribution is 0.296. The largest absolute Gasteiger partial charge is 0.327 e. The van der Waals surface area contributed by atoms with Crippen molar-refractivity contribution in [2.75, 3.05) is 13.1 Å². The number of nitrogens with two attached hydrogens (primary N) is 1. The Balaban J connectivity index is 1.48. The van der Waals surface area contributed by atoms with Gasteiger partial charge < -0.3 is 11.1 Å². The second-order valence-corrected chi connectivity index (χ2v) is 5.50. The molecule has 0 saturated heterocycles. The molecule has 0 aliphatic heterocycles. The Bertz CT molecular complexity index is 177. The minimum atomic E-state index is 0.467. The molecule has 2 rings (SSSR count). The van der Waals surface area contributed by atoms with Crippen molar-refractivity contribution in [1.29, 1.82) is 0 Å². The third kappa shape index (κ3) is 4.12. The molecule has 0 bridgehead atoms. The number of nitrogens with one attached hydrogen (secondary N) is 1. The fourth-order valence-electron chi connectivity index (χ4n) is 2.70. The zero-order valence-electron chi connectivity index (χ0n) is 9.88. The lowest BCUT2D eigenvalue weighted by Gasteiger charge is -2.28. The summed E-state index contributed by atoms with van der Waals surface area (Å²) in [5.41, 5.74) is 6.11. The van der Waals surface area contributed by atoms with E-state index < -0.39 is 0 Å². The van der Waals surface area contributed by atoms with Gasteiger partial charge in [0.1, 0.15) is 0 Å². The monoisotopic (exact) mass is 210 g/mol. The lowest BCUT2D eigenvalue weighted by Crippen LogP contribution is -2.39.